The second-order valence-electron chi connectivity index (χ2n) is 3.45. The van der Waals surface area contributed by atoms with Gasteiger partial charge in [-0.2, -0.15) is 0 Å². The van der Waals surface area contributed by atoms with Crippen LogP contribution in [0.5, 0.6) is 0 Å². The molecule has 17 heavy (non-hydrogen) atoms. The maximum absolute atomic E-state index is 11.0. The number of fused-ring (bicyclic) bond motifs is 1. The summed E-state index contributed by atoms with van der Waals surface area (Å²) < 4.78 is 4.68. The minimum atomic E-state index is -0.275. The molecular formula is C15H12O2. The van der Waals surface area contributed by atoms with Crippen molar-refractivity contribution in [2.45, 2.75) is 0 Å². The summed E-state index contributed by atoms with van der Waals surface area (Å²) in [6, 6.07) is 21.1. The first kappa shape index (κ1) is 11.1. The molecule has 2 aromatic carbocycles. The van der Waals surface area contributed by atoms with Crippen LogP contribution in [-0.2, 0) is 0 Å². The highest BCUT2D eigenvalue weighted by molar-refractivity contribution is 5.80. The summed E-state index contributed by atoms with van der Waals surface area (Å²) in [7, 11) is 0. The maximum atomic E-state index is 11.0. The summed E-state index contributed by atoms with van der Waals surface area (Å²) in [5.74, 6) is 0. The van der Waals surface area contributed by atoms with Gasteiger partial charge >= 0.3 is 5.63 Å². The Morgan fingerprint density at radius 3 is 1.88 bits per heavy atom. The van der Waals surface area contributed by atoms with Gasteiger partial charge in [0.1, 0.15) is 0 Å². The van der Waals surface area contributed by atoms with E-state index >= 15 is 0 Å². The van der Waals surface area contributed by atoms with Crippen LogP contribution in [0.15, 0.2) is 82.2 Å². The average Bonchev–Trinajstić information content (AvgIpc) is 2.42. The number of benzene rings is 2. The lowest BCUT2D eigenvalue weighted by atomic mass is 10.2. The molecule has 0 aliphatic rings. The summed E-state index contributed by atoms with van der Waals surface area (Å²) in [6.45, 7) is 0. The molecule has 0 bridgehead atoms. The van der Waals surface area contributed by atoms with E-state index in [4.69, 9.17) is 0 Å². The van der Waals surface area contributed by atoms with Crippen molar-refractivity contribution < 1.29 is 4.42 Å². The van der Waals surface area contributed by atoms with E-state index in [1.165, 1.54) is 6.26 Å². The van der Waals surface area contributed by atoms with E-state index in [-0.39, 0.29) is 5.63 Å². The highest BCUT2D eigenvalue weighted by atomic mass is 16.4. The highest BCUT2D eigenvalue weighted by Gasteiger charge is 1.94. The molecule has 0 spiro atoms. The molecular weight excluding hydrogens is 212 g/mol. The van der Waals surface area contributed by atoms with E-state index in [1.807, 2.05) is 54.6 Å². The molecule has 2 heteroatoms. The lowest BCUT2D eigenvalue weighted by Crippen LogP contribution is -1.96. The summed E-state index contributed by atoms with van der Waals surface area (Å²) >= 11 is 0. The molecule has 3 rings (SSSR count). The lowest BCUT2D eigenvalue weighted by molar-refractivity contribution is 0.519. The first-order chi connectivity index (χ1) is 8.38. The molecule has 0 N–H and O–H groups in total. The number of hydrogen-bond acceptors (Lipinski definition) is 2. The van der Waals surface area contributed by atoms with Gasteiger partial charge in [-0.1, -0.05) is 54.6 Å². The van der Waals surface area contributed by atoms with Crippen LogP contribution in [0.1, 0.15) is 0 Å². The number of hydrogen-bond donors (Lipinski definition) is 0. The standard InChI is InChI=1S/C9H6O2.C6H6/c10-9-8-4-2-1-3-7(8)5-6-11-9;1-2-4-6-5-3-1/h1-6H;1-6H. The van der Waals surface area contributed by atoms with Gasteiger partial charge in [0.15, 0.2) is 0 Å². The molecule has 0 unspecified atom stereocenters. The summed E-state index contributed by atoms with van der Waals surface area (Å²) in [4.78, 5) is 11.0. The van der Waals surface area contributed by atoms with Gasteiger partial charge in [0, 0.05) is 0 Å². The SMILES string of the molecule is O=c1occc2ccccc12.c1ccccc1. The molecule has 0 saturated carbocycles. The van der Waals surface area contributed by atoms with Crippen molar-refractivity contribution in [2.24, 2.45) is 0 Å². The molecule has 0 aliphatic carbocycles. The Morgan fingerprint density at radius 1 is 0.706 bits per heavy atom. The van der Waals surface area contributed by atoms with E-state index in [1.54, 1.807) is 12.1 Å². The Labute approximate surface area is 99.1 Å². The molecule has 0 saturated heterocycles. The normalized spacial score (nSPS) is 9.41. The fraction of sp³-hybridized carbons (Fsp3) is 0. The minimum absolute atomic E-state index is 0.275. The van der Waals surface area contributed by atoms with Gasteiger partial charge < -0.3 is 4.42 Å². The Bertz CT molecular complexity index is 595. The Morgan fingerprint density at radius 2 is 1.29 bits per heavy atom. The van der Waals surface area contributed by atoms with Crippen molar-refractivity contribution in [3.05, 3.63) is 83.4 Å². The molecule has 1 heterocycles. The van der Waals surface area contributed by atoms with Crippen molar-refractivity contribution in [1.82, 2.24) is 0 Å². The third kappa shape index (κ3) is 3.05. The summed E-state index contributed by atoms with van der Waals surface area (Å²) in [6.07, 6.45) is 1.41. The minimum Gasteiger partial charge on any atom is -0.431 e. The highest BCUT2D eigenvalue weighted by Crippen LogP contribution is 2.06. The topological polar surface area (TPSA) is 30.2 Å². The largest absolute Gasteiger partial charge is 0.431 e. The van der Waals surface area contributed by atoms with Gasteiger partial charge in [0.05, 0.1) is 11.6 Å². The van der Waals surface area contributed by atoms with Crippen molar-refractivity contribution >= 4 is 10.8 Å². The second kappa shape index (κ2) is 5.66. The predicted molar refractivity (Wildman–Crippen MR) is 68.9 cm³/mol. The third-order valence-electron chi connectivity index (χ3n) is 2.27. The smallest absolute Gasteiger partial charge is 0.343 e. The zero-order chi connectivity index (χ0) is 11.9. The first-order valence-electron chi connectivity index (χ1n) is 5.34. The van der Waals surface area contributed by atoms with Gasteiger partial charge in [-0.15, -0.1) is 0 Å². The molecule has 0 atom stereocenters. The monoisotopic (exact) mass is 224 g/mol. The van der Waals surface area contributed by atoms with Crippen LogP contribution >= 0.6 is 0 Å². The molecule has 84 valence electrons. The third-order valence-corrected chi connectivity index (χ3v) is 2.27. The molecule has 2 nitrogen and oxygen atoms in total. The van der Waals surface area contributed by atoms with Gasteiger partial charge in [0.25, 0.3) is 0 Å². The van der Waals surface area contributed by atoms with Crippen LogP contribution in [0, 0.1) is 0 Å². The Kier molecular flexibility index (Phi) is 3.71. The van der Waals surface area contributed by atoms with E-state index in [2.05, 4.69) is 4.42 Å². The first-order valence-corrected chi connectivity index (χ1v) is 5.34. The van der Waals surface area contributed by atoms with Crippen molar-refractivity contribution in [3.63, 3.8) is 0 Å². The molecule has 0 amide bonds. The Balaban J connectivity index is 0.000000153. The summed E-state index contributed by atoms with van der Waals surface area (Å²) in [5.41, 5.74) is -0.275. The Hall–Kier alpha value is -2.35. The fourth-order valence-corrected chi connectivity index (χ4v) is 1.45. The summed E-state index contributed by atoms with van der Waals surface area (Å²) in [5, 5.41) is 1.55. The van der Waals surface area contributed by atoms with Crippen molar-refractivity contribution in [3.8, 4) is 0 Å². The van der Waals surface area contributed by atoms with E-state index in [9.17, 15) is 4.79 Å². The van der Waals surface area contributed by atoms with Crippen LogP contribution in [0.3, 0.4) is 0 Å². The zero-order valence-electron chi connectivity index (χ0n) is 9.24. The quantitative estimate of drug-likeness (QED) is 0.585. The second-order valence-corrected chi connectivity index (χ2v) is 3.45. The van der Waals surface area contributed by atoms with Gasteiger partial charge in [-0.3, -0.25) is 0 Å². The lowest BCUT2D eigenvalue weighted by Gasteiger charge is -1.91. The van der Waals surface area contributed by atoms with Gasteiger partial charge in [-0.25, -0.2) is 4.79 Å². The zero-order valence-corrected chi connectivity index (χ0v) is 9.24. The average molecular weight is 224 g/mol. The molecule has 0 aliphatic heterocycles. The predicted octanol–water partition coefficient (Wildman–Crippen LogP) is 3.48. The van der Waals surface area contributed by atoms with Crippen LogP contribution in [-0.4, -0.2) is 0 Å². The van der Waals surface area contributed by atoms with Crippen LogP contribution in [0.4, 0.5) is 0 Å². The maximum Gasteiger partial charge on any atom is 0.343 e. The fourth-order valence-electron chi connectivity index (χ4n) is 1.45. The van der Waals surface area contributed by atoms with Crippen LogP contribution in [0.2, 0.25) is 0 Å². The van der Waals surface area contributed by atoms with Crippen molar-refractivity contribution in [1.29, 1.82) is 0 Å². The molecule has 1 aromatic heterocycles. The van der Waals surface area contributed by atoms with Gasteiger partial charge in [-0.05, 0) is 17.5 Å². The number of rotatable bonds is 0. The van der Waals surface area contributed by atoms with Crippen molar-refractivity contribution in [2.75, 3.05) is 0 Å². The van der Waals surface area contributed by atoms with E-state index in [0.717, 1.165) is 5.39 Å². The molecule has 3 aromatic rings. The molecule has 0 radical (unpaired) electrons. The van der Waals surface area contributed by atoms with Crippen LogP contribution in [0.25, 0.3) is 10.8 Å². The van der Waals surface area contributed by atoms with Gasteiger partial charge in [0.2, 0.25) is 0 Å². The van der Waals surface area contributed by atoms with E-state index in [0.29, 0.717) is 5.39 Å². The van der Waals surface area contributed by atoms with Crippen LogP contribution < -0.4 is 5.63 Å². The molecule has 0 fully saturated rings. The van der Waals surface area contributed by atoms with E-state index < -0.39 is 0 Å².